The minimum atomic E-state index is -0.351. The van der Waals surface area contributed by atoms with Gasteiger partial charge in [-0.1, -0.05) is 0 Å². The molecule has 2 aromatic carbocycles. The fourth-order valence-corrected chi connectivity index (χ4v) is 3.22. The van der Waals surface area contributed by atoms with Crippen LogP contribution >= 0.6 is 0 Å². The van der Waals surface area contributed by atoms with Crippen molar-refractivity contribution >= 4 is 23.3 Å². The van der Waals surface area contributed by atoms with Gasteiger partial charge in [0.2, 0.25) is 5.91 Å². The molecule has 1 unspecified atom stereocenters. The van der Waals surface area contributed by atoms with Crippen LogP contribution in [0.15, 0.2) is 42.5 Å². The van der Waals surface area contributed by atoms with Crippen molar-refractivity contribution in [1.29, 1.82) is 0 Å². The Morgan fingerprint density at radius 1 is 1.00 bits per heavy atom. The van der Waals surface area contributed by atoms with Gasteiger partial charge in [0.05, 0.1) is 21.3 Å². The second-order valence-corrected chi connectivity index (χ2v) is 6.71. The number of urea groups is 1. The normalized spacial score (nSPS) is 15.8. The largest absolute Gasteiger partial charge is 0.497 e. The van der Waals surface area contributed by atoms with Crippen LogP contribution in [0.5, 0.6) is 17.2 Å². The second kappa shape index (κ2) is 9.18. The molecular formula is C21H25N3O5. The fraction of sp³-hybridized carbons (Fsp3) is 0.333. The summed E-state index contributed by atoms with van der Waals surface area (Å²) in [6.07, 6.45) is 0.388. The highest BCUT2D eigenvalue weighted by Crippen LogP contribution is 2.27. The third-order valence-electron chi connectivity index (χ3n) is 4.75. The number of benzene rings is 2. The number of rotatable bonds is 7. The Balaban J connectivity index is 1.53. The van der Waals surface area contributed by atoms with Gasteiger partial charge in [0.1, 0.15) is 17.2 Å². The van der Waals surface area contributed by atoms with Gasteiger partial charge in [-0.2, -0.15) is 0 Å². The molecule has 0 saturated carbocycles. The van der Waals surface area contributed by atoms with Crippen molar-refractivity contribution in [3.63, 3.8) is 0 Å². The summed E-state index contributed by atoms with van der Waals surface area (Å²) in [4.78, 5) is 26.3. The molecule has 1 fully saturated rings. The minimum absolute atomic E-state index is 0.0372. The third-order valence-corrected chi connectivity index (χ3v) is 4.75. The van der Waals surface area contributed by atoms with Gasteiger partial charge in [0.25, 0.3) is 0 Å². The predicted molar refractivity (Wildman–Crippen MR) is 110 cm³/mol. The van der Waals surface area contributed by atoms with Crippen LogP contribution < -0.4 is 29.7 Å². The van der Waals surface area contributed by atoms with Crippen molar-refractivity contribution in [2.24, 2.45) is 5.92 Å². The van der Waals surface area contributed by atoms with Gasteiger partial charge in [-0.3, -0.25) is 4.79 Å². The average molecular weight is 399 g/mol. The number of ether oxygens (including phenoxy) is 3. The lowest BCUT2D eigenvalue weighted by atomic mass is 10.1. The first kappa shape index (κ1) is 20.3. The van der Waals surface area contributed by atoms with Crippen LogP contribution in [0.3, 0.4) is 0 Å². The van der Waals surface area contributed by atoms with Gasteiger partial charge in [0, 0.05) is 55.0 Å². The Kier molecular flexibility index (Phi) is 6.43. The van der Waals surface area contributed by atoms with Gasteiger partial charge < -0.3 is 29.7 Å². The molecular weight excluding hydrogens is 374 g/mol. The molecule has 154 valence electrons. The number of hydrogen-bond donors (Lipinski definition) is 2. The molecule has 1 heterocycles. The molecule has 3 amide bonds. The summed E-state index contributed by atoms with van der Waals surface area (Å²) in [5, 5.41) is 5.59. The van der Waals surface area contributed by atoms with Crippen LogP contribution in [0.4, 0.5) is 16.2 Å². The lowest BCUT2D eigenvalue weighted by Crippen LogP contribution is -2.34. The number of hydrogen-bond acceptors (Lipinski definition) is 5. The highest BCUT2D eigenvalue weighted by molar-refractivity contribution is 5.96. The minimum Gasteiger partial charge on any atom is -0.497 e. The van der Waals surface area contributed by atoms with E-state index in [1.165, 1.54) is 0 Å². The lowest BCUT2D eigenvalue weighted by molar-refractivity contribution is -0.117. The summed E-state index contributed by atoms with van der Waals surface area (Å²) in [7, 11) is 4.69. The standard InChI is InChI=1S/C21H25N3O5/c1-27-17-6-4-16(5-7-17)24-13-14(8-20(24)25)12-22-21(26)23-15-9-18(28-2)11-19(10-15)29-3/h4-7,9-11,14H,8,12-13H2,1-3H3,(H2,22,23,26). The zero-order chi connectivity index (χ0) is 20.8. The molecule has 0 spiro atoms. The van der Waals surface area contributed by atoms with E-state index in [1.54, 1.807) is 44.4 Å². The lowest BCUT2D eigenvalue weighted by Gasteiger charge is -2.17. The van der Waals surface area contributed by atoms with E-state index in [9.17, 15) is 9.59 Å². The first-order valence-corrected chi connectivity index (χ1v) is 9.24. The van der Waals surface area contributed by atoms with Crippen LogP contribution in [0.1, 0.15) is 6.42 Å². The highest BCUT2D eigenvalue weighted by Gasteiger charge is 2.30. The molecule has 1 aliphatic heterocycles. The van der Waals surface area contributed by atoms with E-state index in [2.05, 4.69) is 10.6 Å². The highest BCUT2D eigenvalue weighted by atomic mass is 16.5. The Bertz CT molecular complexity index is 847. The van der Waals surface area contributed by atoms with Crippen molar-refractivity contribution in [1.82, 2.24) is 5.32 Å². The van der Waals surface area contributed by atoms with E-state index < -0.39 is 0 Å². The van der Waals surface area contributed by atoms with E-state index >= 15 is 0 Å². The van der Waals surface area contributed by atoms with E-state index in [0.29, 0.717) is 36.7 Å². The summed E-state index contributed by atoms with van der Waals surface area (Å²) in [6, 6.07) is 12.1. The summed E-state index contributed by atoms with van der Waals surface area (Å²) in [5.74, 6) is 1.98. The van der Waals surface area contributed by atoms with Gasteiger partial charge >= 0.3 is 6.03 Å². The van der Waals surface area contributed by atoms with E-state index in [4.69, 9.17) is 14.2 Å². The summed E-state index contributed by atoms with van der Waals surface area (Å²) in [6.45, 7) is 0.948. The number of methoxy groups -OCH3 is 3. The number of amides is 3. The van der Waals surface area contributed by atoms with Crippen LogP contribution in [0.25, 0.3) is 0 Å². The summed E-state index contributed by atoms with van der Waals surface area (Å²) in [5.41, 5.74) is 1.38. The molecule has 1 aliphatic rings. The summed E-state index contributed by atoms with van der Waals surface area (Å²) < 4.78 is 15.5. The molecule has 2 N–H and O–H groups in total. The molecule has 8 heteroatoms. The molecule has 1 saturated heterocycles. The Morgan fingerprint density at radius 3 is 2.21 bits per heavy atom. The topological polar surface area (TPSA) is 89.1 Å². The van der Waals surface area contributed by atoms with Gasteiger partial charge in [-0.25, -0.2) is 4.79 Å². The van der Waals surface area contributed by atoms with Crippen LogP contribution in [0.2, 0.25) is 0 Å². The maximum absolute atomic E-state index is 12.4. The maximum Gasteiger partial charge on any atom is 0.319 e. The number of nitrogens with one attached hydrogen (secondary N) is 2. The van der Waals surface area contributed by atoms with Crippen molar-refractivity contribution in [2.75, 3.05) is 44.6 Å². The van der Waals surface area contributed by atoms with Crippen LogP contribution in [-0.2, 0) is 4.79 Å². The zero-order valence-electron chi connectivity index (χ0n) is 16.7. The molecule has 8 nitrogen and oxygen atoms in total. The Hall–Kier alpha value is -3.42. The summed E-state index contributed by atoms with van der Waals surface area (Å²) >= 11 is 0. The van der Waals surface area contributed by atoms with Crippen molar-refractivity contribution in [3.8, 4) is 17.2 Å². The molecule has 3 rings (SSSR count). The SMILES string of the molecule is COc1ccc(N2CC(CNC(=O)Nc3cc(OC)cc(OC)c3)CC2=O)cc1. The van der Waals surface area contributed by atoms with E-state index in [1.807, 2.05) is 24.3 Å². The molecule has 0 aliphatic carbocycles. The predicted octanol–water partition coefficient (Wildman–Crippen LogP) is 2.89. The Morgan fingerprint density at radius 2 is 1.62 bits per heavy atom. The fourth-order valence-electron chi connectivity index (χ4n) is 3.22. The zero-order valence-corrected chi connectivity index (χ0v) is 16.7. The van der Waals surface area contributed by atoms with Gasteiger partial charge in [-0.05, 0) is 24.3 Å². The average Bonchev–Trinajstić information content (AvgIpc) is 3.12. The molecule has 29 heavy (non-hydrogen) atoms. The molecule has 1 atom stereocenters. The smallest absolute Gasteiger partial charge is 0.319 e. The first-order valence-electron chi connectivity index (χ1n) is 9.24. The van der Waals surface area contributed by atoms with Gasteiger partial charge in [-0.15, -0.1) is 0 Å². The maximum atomic E-state index is 12.4. The number of carbonyl (C=O) groups excluding carboxylic acids is 2. The molecule has 0 radical (unpaired) electrons. The number of carbonyl (C=O) groups is 2. The van der Waals surface area contributed by atoms with E-state index in [-0.39, 0.29) is 17.9 Å². The monoisotopic (exact) mass is 399 g/mol. The molecule has 0 bridgehead atoms. The third kappa shape index (κ3) is 5.10. The van der Waals surface area contributed by atoms with Crippen molar-refractivity contribution < 1.29 is 23.8 Å². The Labute approximate surface area is 169 Å². The number of anilines is 2. The molecule has 0 aromatic heterocycles. The van der Waals surface area contributed by atoms with Crippen molar-refractivity contribution in [3.05, 3.63) is 42.5 Å². The number of nitrogens with zero attached hydrogens (tertiary/aromatic N) is 1. The quantitative estimate of drug-likeness (QED) is 0.747. The first-order chi connectivity index (χ1) is 14.0. The van der Waals surface area contributed by atoms with Crippen molar-refractivity contribution in [2.45, 2.75) is 6.42 Å². The van der Waals surface area contributed by atoms with Crippen LogP contribution in [0, 0.1) is 5.92 Å². The second-order valence-electron chi connectivity index (χ2n) is 6.71. The van der Waals surface area contributed by atoms with Crippen LogP contribution in [-0.4, -0.2) is 46.4 Å². The van der Waals surface area contributed by atoms with E-state index in [0.717, 1.165) is 11.4 Å². The van der Waals surface area contributed by atoms with Gasteiger partial charge in [0.15, 0.2) is 0 Å². The molecule has 2 aromatic rings.